The van der Waals surface area contributed by atoms with Gasteiger partial charge in [0.2, 0.25) is 5.91 Å². The molecule has 0 saturated carbocycles. The monoisotopic (exact) mass is 525 g/mol. The molecule has 36 heavy (non-hydrogen) atoms. The van der Waals surface area contributed by atoms with Gasteiger partial charge in [0.25, 0.3) is 10.0 Å². The number of rotatable bonds is 8. The van der Waals surface area contributed by atoms with Gasteiger partial charge in [0.1, 0.15) is 10.6 Å². The molecule has 0 bridgehead atoms. The summed E-state index contributed by atoms with van der Waals surface area (Å²) in [4.78, 5) is 14.8. The molecule has 0 atom stereocenters. The zero-order valence-electron chi connectivity index (χ0n) is 19.9. The van der Waals surface area contributed by atoms with E-state index in [0.29, 0.717) is 22.1 Å². The predicted molar refractivity (Wildman–Crippen MR) is 145 cm³/mol. The number of methoxy groups -OCH3 is 1. The first-order valence-electron chi connectivity index (χ1n) is 11.7. The standard InChI is InChI=1S/C27H28ClN3O4S/c1-35-25-12-6-3-9-20(25)13-16-27(32)29-21-14-15-24(31-17-7-2-8-18-31)26(19-21)36(33,34)30-23-11-5-4-10-22(23)28/h3-6,9-16,19,30H,2,7-8,17-18H2,1H3,(H,29,32). The first-order valence-corrected chi connectivity index (χ1v) is 13.5. The molecule has 188 valence electrons. The molecule has 0 unspecified atom stereocenters. The number of benzene rings is 3. The van der Waals surface area contributed by atoms with Crippen molar-refractivity contribution in [3.8, 4) is 5.75 Å². The van der Waals surface area contributed by atoms with Crippen molar-refractivity contribution in [2.75, 3.05) is 35.1 Å². The summed E-state index contributed by atoms with van der Waals surface area (Å²) in [6.07, 6.45) is 6.12. The van der Waals surface area contributed by atoms with E-state index in [9.17, 15) is 13.2 Å². The Labute approximate surface area is 216 Å². The summed E-state index contributed by atoms with van der Waals surface area (Å²) in [5, 5.41) is 3.06. The first kappa shape index (κ1) is 25.6. The molecule has 1 aliphatic rings. The molecule has 0 aliphatic carbocycles. The van der Waals surface area contributed by atoms with Gasteiger partial charge in [-0.3, -0.25) is 9.52 Å². The van der Waals surface area contributed by atoms with Gasteiger partial charge in [0.05, 0.1) is 23.5 Å². The van der Waals surface area contributed by atoms with Crippen LogP contribution in [0.2, 0.25) is 5.02 Å². The number of halogens is 1. The Morgan fingerprint density at radius 1 is 1.00 bits per heavy atom. The fourth-order valence-electron chi connectivity index (χ4n) is 4.10. The lowest BCUT2D eigenvalue weighted by Gasteiger charge is -2.30. The zero-order valence-corrected chi connectivity index (χ0v) is 21.5. The Bertz CT molecular complexity index is 1370. The van der Waals surface area contributed by atoms with Gasteiger partial charge >= 0.3 is 0 Å². The van der Waals surface area contributed by atoms with Crippen LogP contribution in [-0.4, -0.2) is 34.5 Å². The van der Waals surface area contributed by atoms with Crippen molar-refractivity contribution in [2.45, 2.75) is 24.2 Å². The topological polar surface area (TPSA) is 87.7 Å². The molecule has 7 nitrogen and oxygen atoms in total. The minimum absolute atomic E-state index is 0.0795. The maximum atomic E-state index is 13.5. The Morgan fingerprint density at radius 2 is 1.72 bits per heavy atom. The number of amides is 1. The van der Waals surface area contributed by atoms with Gasteiger partial charge < -0.3 is 15.0 Å². The van der Waals surface area contributed by atoms with Crippen LogP contribution in [0, 0.1) is 0 Å². The minimum Gasteiger partial charge on any atom is -0.496 e. The summed E-state index contributed by atoms with van der Waals surface area (Å²) in [6, 6.07) is 18.9. The van der Waals surface area contributed by atoms with E-state index >= 15 is 0 Å². The van der Waals surface area contributed by atoms with Crippen molar-refractivity contribution in [3.63, 3.8) is 0 Å². The van der Waals surface area contributed by atoms with Crippen molar-refractivity contribution in [2.24, 2.45) is 0 Å². The van der Waals surface area contributed by atoms with Crippen molar-refractivity contribution in [3.05, 3.63) is 83.4 Å². The molecule has 1 heterocycles. The number of hydrogen-bond acceptors (Lipinski definition) is 5. The number of anilines is 3. The highest BCUT2D eigenvalue weighted by molar-refractivity contribution is 7.93. The van der Waals surface area contributed by atoms with Crippen LogP contribution in [0.5, 0.6) is 5.75 Å². The number of piperidine rings is 1. The second kappa shape index (κ2) is 11.5. The van der Waals surface area contributed by atoms with Gasteiger partial charge in [-0.05, 0) is 61.7 Å². The van der Waals surface area contributed by atoms with E-state index in [2.05, 4.69) is 14.9 Å². The summed E-state index contributed by atoms with van der Waals surface area (Å²) in [5.41, 5.74) is 2.00. The fourth-order valence-corrected chi connectivity index (χ4v) is 5.67. The Kier molecular flexibility index (Phi) is 8.18. The molecule has 9 heteroatoms. The van der Waals surface area contributed by atoms with Gasteiger partial charge in [-0.25, -0.2) is 8.42 Å². The van der Waals surface area contributed by atoms with E-state index in [4.69, 9.17) is 16.3 Å². The van der Waals surface area contributed by atoms with Gasteiger partial charge in [0, 0.05) is 30.4 Å². The van der Waals surface area contributed by atoms with Crippen LogP contribution in [0.4, 0.5) is 17.1 Å². The zero-order chi connectivity index (χ0) is 25.5. The smallest absolute Gasteiger partial charge is 0.264 e. The maximum Gasteiger partial charge on any atom is 0.264 e. The van der Waals surface area contributed by atoms with Crippen LogP contribution in [0.25, 0.3) is 6.08 Å². The summed E-state index contributed by atoms with van der Waals surface area (Å²) in [7, 11) is -2.44. The maximum absolute atomic E-state index is 13.5. The number of hydrogen-bond donors (Lipinski definition) is 2. The van der Waals surface area contributed by atoms with Crippen molar-refractivity contribution in [1.29, 1.82) is 0 Å². The average molecular weight is 526 g/mol. The summed E-state index contributed by atoms with van der Waals surface area (Å²) in [5.74, 6) is 0.250. The molecule has 3 aromatic carbocycles. The highest BCUT2D eigenvalue weighted by Crippen LogP contribution is 2.33. The second-order valence-corrected chi connectivity index (χ2v) is 10.4. The number of carbonyl (C=O) groups is 1. The van der Waals surface area contributed by atoms with Crippen LogP contribution in [0.3, 0.4) is 0 Å². The van der Waals surface area contributed by atoms with E-state index in [-0.39, 0.29) is 10.6 Å². The molecular weight excluding hydrogens is 498 g/mol. The number of para-hydroxylation sites is 2. The SMILES string of the molecule is COc1ccccc1C=CC(=O)Nc1ccc(N2CCCCC2)c(S(=O)(=O)Nc2ccccc2Cl)c1. The second-order valence-electron chi connectivity index (χ2n) is 8.38. The van der Waals surface area contributed by atoms with Crippen molar-refractivity contribution in [1.82, 2.24) is 0 Å². The summed E-state index contributed by atoms with van der Waals surface area (Å²) >= 11 is 6.20. The molecule has 1 amide bonds. The molecule has 0 aromatic heterocycles. The van der Waals surface area contributed by atoms with Crippen LogP contribution in [0.15, 0.2) is 77.7 Å². The van der Waals surface area contributed by atoms with E-state index in [1.54, 1.807) is 55.7 Å². The highest BCUT2D eigenvalue weighted by atomic mass is 35.5. The van der Waals surface area contributed by atoms with Gasteiger partial charge in [-0.2, -0.15) is 0 Å². The van der Waals surface area contributed by atoms with E-state index in [1.165, 1.54) is 12.1 Å². The van der Waals surface area contributed by atoms with E-state index in [1.807, 2.05) is 18.2 Å². The van der Waals surface area contributed by atoms with Crippen LogP contribution >= 0.6 is 11.6 Å². The minimum atomic E-state index is -4.00. The molecular formula is C27H28ClN3O4S. The molecule has 0 spiro atoms. The molecule has 1 aliphatic heterocycles. The van der Waals surface area contributed by atoms with Crippen LogP contribution in [-0.2, 0) is 14.8 Å². The number of sulfonamides is 1. The third-order valence-corrected chi connectivity index (χ3v) is 7.61. The van der Waals surface area contributed by atoms with Crippen molar-refractivity contribution >= 4 is 50.7 Å². The molecule has 3 aromatic rings. The third-order valence-electron chi connectivity index (χ3n) is 5.88. The normalized spacial score (nSPS) is 14.0. The molecule has 0 radical (unpaired) electrons. The molecule has 1 fully saturated rings. The molecule has 1 saturated heterocycles. The number of nitrogens with zero attached hydrogens (tertiary/aromatic N) is 1. The van der Waals surface area contributed by atoms with E-state index in [0.717, 1.165) is 37.9 Å². The summed E-state index contributed by atoms with van der Waals surface area (Å²) < 4.78 is 34.9. The fraction of sp³-hybridized carbons (Fsp3) is 0.222. The lowest BCUT2D eigenvalue weighted by molar-refractivity contribution is -0.111. The van der Waals surface area contributed by atoms with Gasteiger partial charge in [-0.1, -0.05) is 41.9 Å². The van der Waals surface area contributed by atoms with E-state index < -0.39 is 15.9 Å². The van der Waals surface area contributed by atoms with Crippen molar-refractivity contribution < 1.29 is 17.9 Å². The largest absolute Gasteiger partial charge is 0.496 e. The third kappa shape index (κ3) is 6.19. The lowest BCUT2D eigenvalue weighted by Crippen LogP contribution is -2.31. The van der Waals surface area contributed by atoms with Gasteiger partial charge in [-0.15, -0.1) is 0 Å². The quantitative estimate of drug-likeness (QED) is 0.363. The van der Waals surface area contributed by atoms with Crippen LogP contribution in [0.1, 0.15) is 24.8 Å². The molecule has 4 rings (SSSR count). The lowest BCUT2D eigenvalue weighted by atomic mass is 10.1. The number of ether oxygens (including phenoxy) is 1. The highest BCUT2D eigenvalue weighted by Gasteiger charge is 2.25. The Morgan fingerprint density at radius 3 is 2.47 bits per heavy atom. The Hall–Kier alpha value is -3.49. The Balaban J connectivity index is 1.63. The van der Waals surface area contributed by atoms with Gasteiger partial charge in [0.15, 0.2) is 0 Å². The number of nitrogens with one attached hydrogen (secondary N) is 2. The molecule has 2 N–H and O–H groups in total. The first-order chi connectivity index (χ1) is 17.4. The average Bonchev–Trinajstić information content (AvgIpc) is 2.89. The number of carbonyl (C=O) groups excluding carboxylic acids is 1. The summed E-state index contributed by atoms with van der Waals surface area (Å²) in [6.45, 7) is 1.53. The van der Waals surface area contributed by atoms with Crippen LogP contribution < -0.4 is 19.7 Å². The predicted octanol–water partition coefficient (Wildman–Crippen LogP) is 5.79.